The van der Waals surface area contributed by atoms with Gasteiger partial charge in [0.1, 0.15) is 5.75 Å². The molecule has 0 spiro atoms. The van der Waals surface area contributed by atoms with E-state index in [-0.39, 0.29) is 12.6 Å². The van der Waals surface area contributed by atoms with E-state index >= 15 is 0 Å². The molecule has 1 atom stereocenters. The van der Waals surface area contributed by atoms with Crippen molar-refractivity contribution in [2.24, 2.45) is 0 Å². The van der Waals surface area contributed by atoms with Crippen molar-refractivity contribution in [3.05, 3.63) is 29.3 Å². The maximum atomic E-state index is 11.6. The Morgan fingerprint density at radius 1 is 1.08 bits per heavy atom. The largest absolute Gasteiger partial charge is 0.482 e. The third kappa shape index (κ3) is 7.62. The molecule has 0 saturated carbocycles. The van der Waals surface area contributed by atoms with Crippen LogP contribution in [0.4, 0.5) is 4.79 Å². The Hall–Kier alpha value is -2.57. The zero-order valence-electron chi connectivity index (χ0n) is 14.5. The van der Waals surface area contributed by atoms with E-state index in [1.54, 1.807) is 12.1 Å². The smallest absolute Gasteiger partial charge is 0.344 e. The topological polar surface area (TPSA) is 93.7 Å². The molecule has 7 nitrogen and oxygen atoms in total. The van der Waals surface area contributed by atoms with Crippen LogP contribution in [0.3, 0.4) is 0 Å². The number of rotatable bonds is 7. The van der Waals surface area contributed by atoms with Crippen molar-refractivity contribution in [3.63, 3.8) is 0 Å². The summed E-state index contributed by atoms with van der Waals surface area (Å²) in [6.45, 7) is 6.72. The van der Waals surface area contributed by atoms with Crippen molar-refractivity contribution in [3.8, 4) is 5.75 Å². The van der Waals surface area contributed by atoms with Crippen LogP contribution in [0.1, 0.15) is 31.4 Å². The summed E-state index contributed by atoms with van der Waals surface area (Å²) in [5, 5.41) is 4.65. The molecule has 0 fully saturated rings. The molecule has 1 rings (SSSR count). The van der Waals surface area contributed by atoms with Gasteiger partial charge in [-0.05, 0) is 50.5 Å². The van der Waals surface area contributed by atoms with Crippen molar-refractivity contribution in [2.75, 3.05) is 13.2 Å². The van der Waals surface area contributed by atoms with Gasteiger partial charge in [0.25, 0.3) is 5.91 Å². The van der Waals surface area contributed by atoms with Crippen LogP contribution in [0.5, 0.6) is 5.75 Å². The predicted molar refractivity (Wildman–Crippen MR) is 88.8 cm³/mol. The fraction of sp³-hybridized carbons (Fsp3) is 0.471. The molecule has 0 radical (unpaired) electrons. The van der Waals surface area contributed by atoms with Crippen LogP contribution in [-0.2, 0) is 14.3 Å². The molecule has 0 heterocycles. The van der Waals surface area contributed by atoms with Gasteiger partial charge in [-0.2, -0.15) is 0 Å². The Labute approximate surface area is 141 Å². The number of urea groups is 1. The van der Waals surface area contributed by atoms with E-state index in [9.17, 15) is 14.4 Å². The van der Waals surface area contributed by atoms with Gasteiger partial charge in [0, 0.05) is 6.04 Å². The molecule has 7 heteroatoms. The summed E-state index contributed by atoms with van der Waals surface area (Å²) in [7, 11) is 0. The summed E-state index contributed by atoms with van der Waals surface area (Å²) in [4.78, 5) is 34.5. The van der Waals surface area contributed by atoms with Crippen molar-refractivity contribution in [1.82, 2.24) is 10.6 Å². The summed E-state index contributed by atoms with van der Waals surface area (Å²) in [5.41, 5.74) is 2.04. The first-order valence-electron chi connectivity index (χ1n) is 7.77. The van der Waals surface area contributed by atoms with E-state index in [1.165, 1.54) is 0 Å². The average Bonchev–Trinajstić information content (AvgIpc) is 2.49. The Kier molecular flexibility index (Phi) is 7.74. The number of nitrogens with one attached hydrogen (secondary N) is 2. The van der Waals surface area contributed by atoms with Gasteiger partial charge in [0.2, 0.25) is 0 Å². The highest BCUT2D eigenvalue weighted by Gasteiger charge is 2.12. The van der Waals surface area contributed by atoms with Crippen molar-refractivity contribution < 1.29 is 23.9 Å². The molecule has 3 amide bonds. The van der Waals surface area contributed by atoms with Crippen molar-refractivity contribution >= 4 is 17.9 Å². The monoisotopic (exact) mass is 336 g/mol. The van der Waals surface area contributed by atoms with Gasteiger partial charge < -0.3 is 14.8 Å². The number of benzene rings is 1. The third-order valence-corrected chi connectivity index (χ3v) is 3.16. The van der Waals surface area contributed by atoms with Gasteiger partial charge in [-0.1, -0.05) is 13.0 Å². The molecule has 0 aromatic heterocycles. The van der Waals surface area contributed by atoms with Gasteiger partial charge in [0.15, 0.2) is 13.2 Å². The molecule has 0 saturated heterocycles. The van der Waals surface area contributed by atoms with E-state index in [0.29, 0.717) is 5.75 Å². The molecule has 0 aliphatic heterocycles. The zero-order valence-corrected chi connectivity index (χ0v) is 14.5. The first kappa shape index (κ1) is 19.5. The fourth-order valence-corrected chi connectivity index (χ4v) is 1.87. The van der Waals surface area contributed by atoms with Crippen molar-refractivity contribution in [1.29, 1.82) is 0 Å². The summed E-state index contributed by atoms with van der Waals surface area (Å²) < 4.78 is 10.1. The molecular weight excluding hydrogens is 312 g/mol. The normalized spacial score (nSPS) is 11.3. The Balaban J connectivity index is 2.30. The quantitative estimate of drug-likeness (QED) is 0.741. The average molecular weight is 336 g/mol. The van der Waals surface area contributed by atoms with E-state index in [0.717, 1.165) is 17.5 Å². The van der Waals surface area contributed by atoms with E-state index in [2.05, 4.69) is 10.6 Å². The molecule has 0 aliphatic carbocycles. The number of esters is 1. The molecule has 132 valence electrons. The van der Waals surface area contributed by atoms with Gasteiger partial charge in [-0.15, -0.1) is 0 Å². The number of imide groups is 1. The van der Waals surface area contributed by atoms with Crippen LogP contribution in [0.15, 0.2) is 18.2 Å². The van der Waals surface area contributed by atoms with Crippen molar-refractivity contribution in [2.45, 2.75) is 40.2 Å². The Morgan fingerprint density at radius 3 is 2.29 bits per heavy atom. The van der Waals surface area contributed by atoms with Crippen LogP contribution >= 0.6 is 0 Å². The highest BCUT2D eigenvalue weighted by Crippen LogP contribution is 2.15. The second kappa shape index (κ2) is 9.54. The van der Waals surface area contributed by atoms with Crippen LogP contribution in [0.25, 0.3) is 0 Å². The standard InChI is InChI=1S/C17H24N2O5/c1-5-13(4)18-17(22)19-15(20)9-24-16(21)10-23-14-7-11(2)6-12(3)8-14/h6-8,13H,5,9-10H2,1-4H3,(H2,18,19,20,22)/t13-/m0/s1. The molecule has 0 bridgehead atoms. The fourth-order valence-electron chi connectivity index (χ4n) is 1.87. The lowest BCUT2D eigenvalue weighted by Gasteiger charge is -2.12. The maximum absolute atomic E-state index is 11.6. The summed E-state index contributed by atoms with van der Waals surface area (Å²) in [6, 6.07) is 4.92. The minimum Gasteiger partial charge on any atom is -0.482 e. The number of aryl methyl sites for hydroxylation is 2. The minimum absolute atomic E-state index is 0.0495. The number of carbonyl (C=O) groups excluding carboxylic acids is 3. The Bertz CT molecular complexity index is 580. The number of hydrogen-bond donors (Lipinski definition) is 2. The van der Waals surface area contributed by atoms with E-state index in [1.807, 2.05) is 33.8 Å². The van der Waals surface area contributed by atoms with Gasteiger partial charge in [-0.3, -0.25) is 10.1 Å². The summed E-state index contributed by atoms with van der Waals surface area (Å²) in [5.74, 6) is -0.830. The molecule has 0 unspecified atom stereocenters. The highest BCUT2D eigenvalue weighted by molar-refractivity contribution is 5.95. The first-order valence-corrected chi connectivity index (χ1v) is 7.77. The molecule has 1 aromatic rings. The SMILES string of the molecule is CC[C@H](C)NC(=O)NC(=O)COC(=O)COc1cc(C)cc(C)c1. The van der Waals surface area contributed by atoms with Gasteiger partial charge in [-0.25, -0.2) is 9.59 Å². The molecule has 24 heavy (non-hydrogen) atoms. The lowest BCUT2D eigenvalue weighted by molar-refractivity contribution is -0.150. The predicted octanol–water partition coefficient (Wildman–Crippen LogP) is 1.85. The third-order valence-electron chi connectivity index (χ3n) is 3.16. The molecule has 0 aliphatic rings. The van der Waals surface area contributed by atoms with E-state index < -0.39 is 24.5 Å². The number of ether oxygens (including phenoxy) is 2. The summed E-state index contributed by atoms with van der Waals surface area (Å²) in [6.07, 6.45) is 0.742. The Morgan fingerprint density at radius 2 is 1.71 bits per heavy atom. The highest BCUT2D eigenvalue weighted by atomic mass is 16.6. The first-order chi connectivity index (χ1) is 11.3. The molecule has 2 N–H and O–H groups in total. The number of amides is 3. The molecule has 1 aromatic carbocycles. The second-order valence-corrected chi connectivity index (χ2v) is 5.60. The van der Waals surface area contributed by atoms with Gasteiger partial charge in [0.05, 0.1) is 0 Å². The number of hydrogen-bond acceptors (Lipinski definition) is 5. The molecular formula is C17H24N2O5. The number of carbonyl (C=O) groups is 3. The maximum Gasteiger partial charge on any atom is 0.344 e. The lowest BCUT2D eigenvalue weighted by Crippen LogP contribution is -2.44. The van der Waals surface area contributed by atoms with E-state index in [4.69, 9.17) is 9.47 Å². The second-order valence-electron chi connectivity index (χ2n) is 5.60. The zero-order chi connectivity index (χ0) is 18.1. The lowest BCUT2D eigenvalue weighted by atomic mass is 10.1. The minimum atomic E-state index is -0.699. The summed E-state index contributed by atoms with van der Waals surface area (Å²) >= 11 is 0. The van der Waals surface area contributed by atoms with Crippen LogP contribution < -0.4 is 15.4 Å². The van der Waals surface area contributed by atoms with Gasteiger partial charge >= 0.3 is 12.0 Å². The van der Waals surface area contributed by atoms with Crippen LogP contribution in [-0.4, -0.2) is 37.2 Å². The van der Waals surface area contributed by atoms with Crippen LogP contribution in [0.2, 0.25) is 0 Å². The van der Waals surface area contributed by atoms with Crippen LogP contribution in [0, 0.1) is 13.8 Å².